The lowest BCUT2D eigenvalue weighted by molar-refractivity contribution is 0.0846. The number of nitrogens with zero attached hydrogens (tertiary/aromatic N) is 1. The van der Waals surface area contributed by atoms with Crippen LogP contribution in [-0.2, 0) is 0 Å². The van der Waals surface area contributed by atoms with Gasteiger partial charge in [0, 0.05) is 22.6 Å². The maximum absolute atomic E-state index is 12.7. The van der Waals surface area contributed by atoms with E-state index in [2.05, 4.69) is 10.9 Å². The first-order valence-corrected chi connectivity index (χ1v) is 10.1. The average Bonchev–Trinajstić information content (AvgIpc) is 3.10. The third-order valence-electron chi connectivity index (χ3n) is 4.87. The number of aromatic nitrogens is 1. The minimum absolute atomic E-state index is 0.343. The van der Waals surface area contributed by atoms with E-state index in [1.165, 1.54) is 7.11 Å². The van der Waals surface area contributed by atoms with Gasteiger partial charge in [0.1, 0.15) is 0 Å². The third kappa shape index (κ3) is 4.88. The number of amides is 2. The van der Waals surface area contributed by atoms with Gasteiger partial charge in [0.05, 0.1) is 19.3 Å². The van der Waals surface area contributed by atoms with Gasteiger partial charge in [0.15, 0.2) is 11.5 Å². The van der Waals surface area contributed by atoms with Crippen molar-refractivity contribution in [3.05, 3.63) is 77.1 Å². The molecule has 0 radical (unpaired) electrons. The fourth-order valence-electron chi connectivity index (χ4n) is 3.36. The number of nitrogens with one attached hydrogen (secondary N) is 2. The van der Waals surface area contributed by atoms with E-state index in [4.69, 9.17) is 9.47 Å². The van der Waals surface area contributed by atoms with Crippen molar-refractivity contribution in [2.75, 3.05) is 13.7 Å². The van der Waals surface area contributed by atoms with Crippen LogP contribution >= 0.6 is 0 Å². The molecule has 0 aliphatic heterocycles. The van der Waals surface area contributed by atoms with Gasteiger partial charge in [-0.25, -0.2) is 0 Å². The number of rotatable bonds is 7. The van der Waals surface area contributed by atoms with Crippen LogP contribution in [0.25, 0.3) is 5.69 Å². The molecule has 0 aliphatic carbocycles. The molecule has 7 heteroatoms. The largest absolute Gasteiger partial charge is 0.493 e. The quantitative estimate of drug-likeness (QED) is 0.566. The molecule has 0 saturated heterocycles. The van der Waals surface area contributed by atoms with Crippen molar-refractivity contribution < 1.29 is 19.1 Å². The molecule has 2 aromatic carbocycles. The number of benzene rings is 2. The van der Waals surface area contributed by atoms with Crippen LogP contribution in [0.5, 0.6) is 11.5 Å². The molecule has 1 heterocycles. The Balaban J connectivity index is 1.71. The Morgan fingerprint density at radius 3 is 2.32 bits per heavy atom. The molecule has 0 atom stereocenters. The highest BCUT2D eigenvalue weighted by Gasteiger charge is 2.18. The molecule has 0 fully saturated rings. The van der Waals surface area contributed by atoms with Gasteiger partial charge in [-0.05, 0) is 56.7 Å². The predicted octanol–water partition coefficient (Wildman–Crippen LogP) is 3.97. The van der Waals surface area contributed by atoms with E-state index in [1.807, 2.05) is 55.7 Å². The molecule has 1 aromatic heterocycles. The molecular weight excluding hydrogens is 394 g/mol. The van der Waals surface area contributed by atoms with Crippen LogP contribution in [-0.4, -0.2) is 30.1 Å². The van der Waals surface area contributed by atoms with E-state index in [1.54, 1.807) is 24.3 Å². The van der Waals surface area contributed by atoms with Crippen molar-refractivity contribution in [3.8, 4) is 17.2 Å². The van der Waals surface area contributed by atoms with Gasteiger partial charge in [0.2, 0.25) is 0 Å². The lowest BCUT2D eigenvalue weighted by atomic mass is 10.2. The van der Waals surface area contributed by atoms with Gasteiger partial charge >= 0.3 is 0 Å². The van der Waals surface area contributed by atoms with Crippen LogP contribution in [0.15, 0.2) is 54.6 Å². The zero-order valence-electron chi connectivity index (χ0n) is 18.2. The Bertz CT molecular complexity index is 1070. The highest BCUT2D eigenvalue weighted by Crippen LogP contribution is 2.28. The maximum atomic E-state index is 12.7. The Labute approximate surface area is 182 Å². The maximum Gasteiger partial charge on any atom is 0.271 e. The Morgan fingerprint density at radius 1 is 0.935 bits per heavy atom. The van der Waals surface area contributed by atoms with Crippen molar-refractivity contribution in [2.24, 2.45) is 0 Å². The fourth-order valence-corrected chi connectivity index (χ4v) is 3.36. The molecule has 0 aliphatic rings. The molecule has 3 aromatic rings. The van der Waals surface area contributed by atoms with E-state index in [0.717, 1.165) is 23.5 Å². The SMILES string of the molecule is CCCOc1ccc(C(=O)NNC(=O)c2cc(C)n(-c3ccccc3)c2C)cc1OC. The Hall–Kier alpha value is -3.74. The molecule has 0 bridgehead atoms. The third-order valence-corrected chi connectivity index (χ3v) is 4.87. The molecule has 3 rings (SSSR count). The van der Waals surface area contributed by atoms with Crippen molar-refractivity contribution >= 4 is 11.8 Å². The van der Waals surface area contributed by atoms with Crippen molar-refractivity contribution in [2.45, 2.75) is 27.2 Å². The minimum Gasteiger partial charge on any atom is -0.493 e. The Morgan fingerprint density at radius 2 is 1.65 bits per heavy atom. The van der Waals surface area contributed by atoms with Gasteiger partial charge in [-0.2, -0.15) is 0 Å². The summed E-state index contributed by atoms with van der Waals surface area (Å²) in [6.45, 7) is 6.37. The smallest absolute Gasteiger partial charge is 0.271 e. The minimum atomic E-state index is -0.453. The normalized spacial score (nSPS) is 10.5. The number of carbonyl (C=O) groups excluding carboxylic acids is 2. The standard InChI is InChI=1S/C24H27N3O4/c1-5-13-31-21-12-11-18(15-22(21)30-4)23(28)25-26-24(29)20-14-16(2)27(17(20)3)19-9-7-6-8-10-19/h6-12,14-15H,5,13H2,1-4H3,(H,25,28)(H,26,29). The van der Waals surface area contributed by atoms with Crippen LogP contribution in [0.4, 0.5) is 0 Å². The van der Waals surface area contributed by atoms with Crippen LogP contribution in [0, 0.1) is 13.8 Å². The molecule has 2 N–H and O–H groups in total. The number of carbonyl (C=O) groups is 2. The molecule has 0 saturated carbocycles. The zero-order valence-corrected chi connectivity index (χ0v) is 18.2. The summed E-state index contributed by atoms with van der Waals surface area (Å²) in [4.78, 5) is 25.2. The van der Waals surface area contributed by atoms with Crippen molar-refractivity contribution in [3.63, 3.8) is 0 Å². The molecule has 162 valence electrons. The lowest BCUT2D eigenvalue weighted by Gasteiger charge is -2.12. The summed E-state index contributed by atoms with van der Waals surface area (Å²) >= 11 is 0. The molecule has 7 nitrogen and oxygen atoms in total. The van der Waals surface area contributed by atoms with E-state index < -0.39 is 11.8 Å². The molecule has 2 amide bonds. The number of hydrogen-bond donors (Lipinski definition) is 2. The molecular formula is C24H27N3O4. The number of para-hydroxylation sites is 1. The second-order valence-electron chi connectivity index (χ2n) is 7.08. The second-order valence-corrected chi connectivity index (χ2v) is 7.08. The van der Waals surface area contributed by atoms with Crippen molar-refractivity contribution in [1.82, 2.24) is 15.4 Å². The Kier molecular flexibility index (Phi) is 6.97. The van der Waals surface area contributed by atoms with E-state index in [-0.39, 0.29) is 0 Å². The first-order valence-electron chi connectivity index (χ1n) is 10.1. The van der Waals surface area contributed by atoms with Gasteiger partial charge in [-0.1, -0.05) is 25.1 Å². The summed E-state index contributed by atoms with van der Waals surface area (Å²) in [5, 5.41) is 0. The average molecular weight is 421 g/mol. The second kappa shape index (κ2) is 9.84. The predicted molar refractivity (Wildman–Crippen MR) is 119 cm³/mol. The van der Waals surface area contributed by atoms with Gasteiger partial charge in [0.25, 0.3) is 11.8 Å². The summed E-state index contributed by atoms with van der Waals surface area (Å²) in [6.07, 6.45) is 0.863. The summed E-state index contributed by atoms with van der Waals surface area (Å²) in [7, 11) is 1.51. The number of aryl methyl sites for hydroxylation is 1. The van der Waals surface area contributed by atoms with E-state index in [9.17, 15) is 9.59 Å². The van der Waals surface area contributed by atoms with Gasteiger partial charge in [-0.3, -0.25) is 20.4 Å². The number of hydrazine groups is 1. The summed E-state index contributed by atoms with van der Waals surface area (Å²) in [5.41, 5.74) is 8.47. The topological polar surface area (TPSA) is 81.6 Å². The van der Waals surface area contributed by atoms with E-state index in [0.29, 0.717) is 29.2 Å². The summed E-state index contributed by atoms with van der Waals surface area (Å²) < 4.78 is 12.9. The highest BCUT2D eigenvalue weighted by atomic mass is 16.5. The monoisotopic (exact) mass is 421 g/mol. The number of hydrogen-bond acceptors (Lipinski definition) is 4. The summed E-state index contributed by atoms with van der Waals surface area (Å²) in [6, 6.07) is 16.5. The van der Waals surface area contributed by atoms with Gasteiger partial charge in [-0.15, -0.1) is 0 Å². The molecule has 0 unspecified atom stereocenters. The van der Waals surface area contributed by atoms with Crippen molar-refractivity contribution in [1.29, 1.82) is 0 Å². The lowest BCUT2D eigenvalue weighted by Crippen LogP contribution is -2.41. The van der Waals surface area contributed by atoms with Crippen LogP contribution < -0.4 is 20.3 Å². The number of ether oxygens (including phenoxy) is 2. The zero-order chi connectivity index (χ0) is 22.4. The van der Waals surface area contributed by atoms with Crippen LogP contribution in [0.3, 0.4) is 0 Å². The molecule has 31 heavy (non-hydrogen) atoms. The van der Waals surface area contributed by atoms with Crippen LogP contribution in [0.1, 0.15) is 45.4 Å². The number of methoxy groups -OCH3 is 1. The first-order chi connectivity index (χ1) is 15.0. The highest BCUT2D eigenvalue weighted by molar-refractivity contribution is 6.00. The van der Waals surface area contributed by atoms with E-state index >= 15 is 0 Å². The first kappa shape index (κ1) is 22.0. The van der Waals surface area contributed by atoms with Crippen LogP contribution in [0.2, 0.25) is 0 Å². The fraction of sp³-hybridized carbons (Fsp3) is 0.250. The van der Waals surface area contributed by atoms with Gasteiger partial charge < -0.3 is 14.0 Å². The summed E-state index contributed by atoms with van der Waals surface area (Å²) in [5.74, 6) is 0.182. The molecule has 0 spiro atoms.